The number of pyridine rings is 1. The quantitative estimate of drug-likeness (QED) is 0.452. The van der Waals surface area contributed by atoms with Crippen molar-refractivity contribution in [2.45, 2.75) is 37.9 Å². The molecule has 184 valence electrons. The third-order valence-corrected chi connectivity index (χ3v) is 7.13. The van der Waals surface area contributed by atoms with Crippen LogP contribution in [0.2, 0.25) is 10.0 Å². The number of rotatable bonds is 7. The number of nitrogens with zero attached hydrogens (tertiary/aromatic N) is 2. The van der Waals surface area contributed by atoms with E-state index in [-0.39, 0.29) is 18.3 Å². The second kappa shape index (κ2) is 9.90. The Labute approximate surface area is 204 Å². The molecule has 0 saturated heterocycles. The highest BCUT2D eigenvalue weighted by molar-refractivity contribution is 7.46. The molecule has 0 radical (unpaired) electrons. The van der Waals surface area contributed by atoms with Gasteiger partial charge in [-0.3, -0.25) is 9.42 Å². The van der Waals surface area contributed by atoms with Gasteiger partial charge in [0.1, 0.15) is 0 Å². The lowest BCUT2D eigenvalue weighted by molar-refractivity contribution is -0.141. The van der Waals surface area contributed by atoms with Crippen LogP contribution in [0.25, 0.3) is 5.57 Å². The van der Waals surface area contributed by atoms with E-state index in [1.807, 2.05) is 18.2 Å². The first kappa shape index (κ1) is 25.6. The second-order valence-corrected chi connectivity index (χ2v) is 10.4. The number of aromatic nitrogens is 1. The molecule has 6 nitrogen and oxygen atoms in total. The summed E-state index contributed by atoms with van der Waals surface area (Å²) in [7, 11) is -4.68. The van der Waals surface area contributed by atoms with E-state index < -0.39 is 24.7 Å². The van der Waals surface area contributed by atoms with Crippen molar-refractivity contribution in [1.82, 2.24) is 9.88 Å². The third kappa shape index (κ3) is 5.85. The van der Waals surface area contributed by atoms with E-state index in [1.165, 1.54) is 12.1 Å². The van der Waals surface area contributed by atoms with Gasteiger partial charge >= 0.3 is 14.0 Å². The van der Waals surface area contributed by atoms with Gasteiger partial charge in [0.2, 0.25) is 0 Å². The fourth-order valence-corrected chi connectivity index (χ4v) is 5.36. The molecular formula is C22H22Cl2F3N2O4P. The van der Waals surface area contributed by atoms with Crippen LogP contribution in [0.4, 0.5) is 13.2 Å². The van der Waals surface area contributed by atoms with Crippen molar-refractivity contribution in [2.75, 3.05) is 19.7 Å². The number of phosphoric ester groups is 1. The minimum atomic E-state index is -4.68. The molecule has 0 fully saturated rings. The molecular weight excluding hydrogens is 515 g/mol. The Morgan fingerprint density at radius 2 is 1.97 bits per heavy atom. The Morgan fingerprint density at radius 3 is 2.68 bits per heavy atom. The molecule has 34 heavy (non-hydrogen) atoms. The zero-order valence-electron chi connectivity index (χ0n) is 17.9. The van der Waals surface area contributed by atoms with Crippen molar-refractivity contribution in [1.29, 1.82) is 0 Å². The summed E-state index contributed by atoms with van der Waals surface area (Å²) in [6.07, 6.45) is -2.48. The summed E-state index contributed by atoms with van der Waals surface area (Å²) < 4.78 is 55.5. The molecule has 2 aliphatic rings. The number of hydrogen-bond acceptors (Lipinski definition) is 4. The van der Waals surface area contributed by atoms with Gasteiger partial charge in [0, 0.05) is 17.3 Å². The maximum atomic E-state index is 13.1. The molecule has 1 unspecified atom stereocenters. The Kier molecular flexibility index (Phi) is 7.46. The van der Waals surface area contributed by atoms with E-state index in [0.717, 1.165) is 28.7 Å². The van der Waals surface area contributed by atoms with E-state index in [4.69, 9.17) is 27.7 Å². The van der Waals surface area contributed by atoms with Gasteiger partial charge < -0.3 is 9.79 Å². The van der Waals surface area contributed by atoms with Crippen molar-refractivity contribution in [3.8, 4) is 0 Å². The smallest absolute Gasteiger partial charge is 0.303 e. The number of hydrogen-bond donors (Lipinski definition) is 2. The molecule has 1 aromatic carbocycles. The highest BCUT2D eigenvalue weighted by Gasteiger charge is 2.37. The van der Waals surface area contributed by atoms with E-state index in [2.05, 4.69) is 9.88 Å². The van der Waals surface area contributed by atoms with Crippen molar-refractivity contribution in [3.05, 3.63) is 68.5 Å². The highest BCUT2D eigenvalue weighted by atomic mass is 35.5. The third-order valence-electron chi connectivity index (χ3n) is 6.11. The van der Waals surface area contributed by atoms with Crippen molar-refractivity contribution >= 4 is 36.6 Å². The van der Waals surface area contributed by atoms with Crippen molar-refractivity contribution in [2.24, 2.45) is 0 Å². The largest absolute Gasteiger partial charge is 0.469 e. The van der Waals surface area contributed by atoms with Gasteiger partial charge in [0.25, 0.3) is 0 Å². The SMILES string of the molecule is O=P(O)(O)OCC1C2=C(CCN1CCCc1ccc(Cl)c(C(F)(F)F)n1)c1cc(Cl)ccc1C2. The van der Waals surface area contributed by atoms with Crippen LogP contribution in [-0.4, -0.2) is 45.4 Å². The highest BCUT2D eigenvalue weighted by Crippen LogP contribution is 2.44. The van der Waals surface area contributed by atoms with Crippen molar-refractivity contribution < 1.29 is 32.0 Å². The lowest BCUT2D eigenvalue weighted by Crippen LogP contribution is -2.44. The fourth-order valence-electron chi connectivity index (χ4n) is 4.64. The predicted molar refractivity (Wildman–Crippen MR) is 123 cm³/mol. The van der Waals surface area contributed by atoms with E-state index in [9.17, 15) is 27.5 Å². The number of alkyl halides is 3. The van der Waals surface area contributed by atoms with Crippen LogP contribution in [0.1, 0.15) is 35.4 Å². The van der Waals surface area contributed by atoms with E-state index in [1.54, 1.807) is 0 Å². The predicted octanol–water partition coefficient (Wildman–Crippen LogP) is 5.53. The molecule has 12 heteroatoms. The second-order valence-electron chi connectivity index (χ2n) is 8.30. The first-order valence-corrected chi connectivity index (χ1v) is 12.9. The van der Waals surface area contributed by atoms with Crippen molar-refractivity contribution in [3.63, 3.8) is 0 Å². The number of fused-ring (bicyclic) bond motifs is 2. The molecule has 1 aliphatic carbocycles. The van der Waals surface area contributed by atoms with Gasteiger partial charge in [-0.15, -0.1) is 0 Å². The zero-order valence-corrected chi connectivity index (χ0v) is 20.3. The van der Waals surface area contributed by atoms with Crippen LogP contribution in [-0.2, 0) is 28.1 Å². The number of benzene rings is 1. The molecule has 1 aromatic heterocycles. The molecule has 0 bridgehead atoms. The summed E-state index contributed by atoms with van der Waals surface area (Å²) in [6, 6.07) is 7.96. The first-order valence-electron chi connectivity index (χ1n) is 10.6. The summed E-state index contributed by atoms with van der Waals surface area (Å²) >= 11 is 11.8. The first-order chi connectivity index (χ1) is 15.9. The van der Waals surface area contributed by atoms with Crippen LogP contribution in [0.5, 0.6) is 0 Å². The number of aryl methyl sites for hydroxylation is 1. The Bertz CT molecular complexity index is 1170. The molecule has 4 rings (SSSR count). The van der Waals surface area contributed by atoms with Gasteiger partial charge in [-0.1, -0.05) is 29.3 Å². The van der Waals surface area contributed by atoms with Gasteiger partial charge in [-0.05, 0) is 78.8 Å². The lowest BCUT2D eigenvalue weighted by Gasteiger charge is -2.37. The monoisotopic (exact) mass is 536 g/mol. The molecule has 0 spiro atoms. The average Bonchev–Trinajstić information content (AvgIpc) is 3.10. The van der Waals surface area contributed by atoms with Gasteiger partial charge in [-0.25, -0.2) is 9.55 Å². The molecule has 2 aromatic rings. The lowest BCUT2D eigenvalue weighted by atomic mass is 9.93. The van der Waals surface area contributed by atoms with Crippen LogP contribution in [0.15, 0.2) is 35.9 Å². The zero-order chi connectivity index (χ0) is 24.7. The van der Waals surface area contributed by atoms with Crippen LogP contribution >= 0.6 is 31.0 Å². The molecule has 1 aliphatic heterocycles. The minimum Gasteiger partial charge on any atom is -0.303 e. The summed E-state index contributed by atoms with van der Waals surface area (Å²) in [6.45, 7) is 0.915. The van der Waals surface area contributed by atoms with Gasteiger partial charge in [-0.2, -0.15) is 13.2 Å². The van der Waals surface area contributed by atoms with Crippen LogP contribution < -0.4 is 0 Å². The number of halogens is 5. The standard InChI is InChI=1S/C22H22Cl2F3N2O4P/c23-14-4-3-13-10-18-16(17(13)11-14)7-9-29(20(18)12-33-34(30,31)32)8-1-2-15-5-6-19(24)21(28-15)22(25,26)27/h3-6,11,20H,1-2,7-10,12H2,(H2,30,31,32). The number of phosphoric acid groups is 1. The maximum Gasteiger partial charge on any atom is 0.469 e. The topological polar surface area (TPSA) is 82.9 Å². The molecule has 2 heterocycles. The molecule has 2 N–H and O–H groups in total. The van der Waals surface area contributed by atoms with Crippen LogP contribution in [0.3, 0.4) is 0 Å². The summed E-state index contributed by atoms with van der Waals surface area (Å²) in [5, 5.41) is 0.175. The fraction of sp³-hybridized carbons (Fsp3) is 0.409. The normalized spacial score (nSPS) is 18.9. The average molecular weight is 537 g/mol. The molecule has 0 saturated carbocycles. The van der Waals surface area contributed by atoms with E-state index in [0.29, 0.717) is 37.4 Å². The summed E-state index contributed by atoms with van der Waals surface area (Å²) in [5.74, 6) is 0. The van der Waals surface area contributed by atoms with E-state index >= 15 is 0 Å². The summed E-state index contributed by atoms with van der Waals surface area (Å²) in [5.41, 5.74) is 3.47. The minimum absolute atomic E-state index is 0.192. The Balaban J connectivity index is 1.49. The Morgan fingerprint density at radius 1 is 1.21 bits per heavy atom. The molecule has 1 atom stereocenters. The molecule has 0 amide bonds. The van der Waals surface area contributed by atoms with Gasteiger partial charge in [0.05, 0.1) is 17.7 Å². The summed E-state index contributed by atoms with van der Waals surface area (Å²) in [4.78, 5) is 24.2. The maximum absolute atomic E-state index is 13.1. The van der Waals surface area contributed by atoms with Gasteiger partial charge in [0.15, 0.2) is 5.69 Å². The Hall–Kier alpha value is -1.45. The van der Waals surface area contributed by atoms with Crippen LogP contribution in [0, 0.1) is 0 Å².